The lowest BCUT2D eigenvalue weighted by atomic mass is 9.96. The lowest BCUT2D eigenvalue weighted by Gasteiger charge is -2.16. The molecule has 0 unspecified atom stereocenters. The molecule has 0 aliphatic rings. The van der Waals surface area contributed by atoms with Crippen LogP contribution in [0.1, 0.15) is 11.1 Å². The molecule has 21 heavy (non-hydrogen) atoms. The van der Waals surface area contributed by atoms with Crippen molar-refractivity contribution >= 4 is 0 Å². The number of benzene rings is 1. The minimum atomic E-state index is -5.07. The molecule has 0 aliphatic heterocycles. The van der Waals surface area contributed by atoms with E-state index in [4.69, 9.17) is 0 Å². The van der Waals surface area contributed by atoms with Crippen LogP contribution in [-0.2, 0) is 12.4 Å². The summed E-state index contributed by atoms with van der Waals surface area (Å²) in [5.41, 5.74) is -5.87. The van der Waals surface area contributed by atoms with Crippen molar-refractivity contribution in [3.05, 3.63) is 58.0 Å². The molecule has 2 nitrogen and oxygen atoms in total. The quantitative estimate of drug-likeness (QED) is 0.791. The first-order valence-electron chi connectivity index (χ1n) is 5.58. The van der Waals surface area contributed by atoms with Crippen LogP contribution in [0.25, 0.3) is 11.1 Å². The van der Waals surface area contributed by atoms with Crippen LogP contribution in [0.2, 0.25) is 0 Å². The zero-order valence-electron chi connectivity index (χ0n) is 10.1. The lowest BCUT2D eigenvalue weighted by Crippen LogP contribution is -2.23. The maximum absolute atomic E-state index is 12.9. The Bertz CT molecular complexity index is 714. The van der Waals surface area contributed by atoms with Crippen LogP contribution in [0.4, 0.5) is 26.3 Å². The first kappa shape index (κ1) is 15.1. The highest BCUT2D eigenvalue weighted by Gasteiger charge is 2.40. The highest BCUT2D eigenvalue weighted by atomic mass is 19.4. The third kappa shape index (κ3) is 2.93. The van der Waals surface area contributed by atoms with E-state index >= 15 is 0 Å². The number of nitrogens with one attached hydrogen (secondary N) is 1. The van der Waals surface area contributed by atoms with Crippen LogP contribution in [0.15, 0.2) is 41.3 Å². The van der Waals surface area contributed by atoms with E-state index in [9.17, 15) is 31.1 Å². The molecular formula is C13H7F6NO. The van der Waals surface area contributed by atoms with Crippen molar-refractivity contribution < 1.29 is 26.3 Å². The van der Waals surface area contributed by atoms with Crippen molar-refractivity contribution in [1.82, 2.24) is 4.98 Å². The number of rotatable bonds is 1. The van der Waals surface area contributed by atoms with Gasteiger partial charge >= 0.3 is 12.4 Å². The largest absolute Gasteiger partial charge is 0.422 e. The zero-order chi connectivity index (χ0) is 15.8. The van der Waals surface area contributed by atoms with E-state index in [2.05, 4.69) is 0 Å². The Kier molecular flexibility index (Phi) is 3.56. The molecule has 0 radical (unpaired) electrons. The number of H-pyrrole nitrogens is 1. The number of aromatic amines is 1. The molecule has 1 N–H and O–H groups in total. The average molecular weight is 307 g/mol. The molecule has 2 rings (SSSR count). The van der Waals surface area contributed by atoms with Crippen molar-refractivity contribution in [2.24, 2.45) is 0 Å². The van der Waals surface area contributed by atoms with E-state index in [1.165, 1.54) is 6.07 Å². The highest BCUT2D eigenvalue weighted by Crippen LogP contribution is 2.40. The molecule has 112 valence electrons. The molecule has 0 atom stereocenters. The summed E-state index contributed by atoms with van der Waals surface area (Å²) in [4.78, 5) is 13.2. The van der Waals surface area contributed by atoms with Gasteiger partial charge in [-0.1, -0.05) is 18.2 Å². The van der Waals surface area contributed by atoms with Crippen molar-refractivity contribution in [2.75, 3.05) is 0 Å². The fourth-order valence-electron chi connectivity index (χ4n) is 1.95. The van der Waals surface area contributed by atoms with E-state index in [1.807, 2.05) is 4.98 Å². The van der Waals surface area contributed by atoms with Gasteiger partial charge in [0.15, 0.2) is 0 Å². The second-order valence-corrected chi connectivity index (χ2v) is 4.14. The topological polar surface area (TPSA) is 32.9 Å². The Morgan fingerprint density at radius 2 is 1.43 bits per heavy atom. The van der Waals surface area contributed by atoms with Crippen LogP contribution < -0.4 is 5.56 Å². The van der Waals surface area contributed by atoms with Gasteiger partial charge in [0, 0.05) is 11.8 Å². The minimum Gasteiger partial charge on any atom is -0.329 e. The molecular weight excluding hydrogens is 300 g/mol. The number of pyridine rings is 1. The maximum atomic E-state index is 12.9. The van der Waals surface area contributed by atoms with Gasteiger partial charge < -0.3 is 4.98 Å². The third-order valence-electron chi connectivity index (χ3n) is 2.77. The molecule has 0 amide bonds. The smallest absolute Gasteiger partial charge is 0.329 e. The molecule has 0 saturated heterocycles. The second-order valence-electron chi connectivity index (χ2n) is 4.14. The lowest BCUT2D eigenvalue weighted by molar-refractivity contribution is -0.140. The summed E-state index contributed by atoms with van der Waals surface area (Å²) in [6.45, 7) is 0. The summed E-state index contributed by atoms with van der Waals surface area (Å²) in [5.74, 6) is 0. The highest BCUT2D eigenvalue weighted by molar-refractivity contribution is 5.71. The fraction of sp³-hybridized carbons (Fsp3) is 0.154. The molecule has 2 aromatic rings. The Hall–Kier alpha value is -2.25. The third-order valence-corrected chi connectivity index (χ3v) is 2.77. The predicted molar refractivity (Wildman–Crippen MR) is 62.5 cm³/mol. The van der Waals surface area contributed by atoms with Crippen LogP contribution in [0.3, 0.4) is 0 Å². The summed E-state index contributed by atoms with van der Waals surface area (Å²) in [6.07, 6.45) is -9.02. The van der Waals surface area contributed by atoms with E-state index in [0.29, 0.717) is 6.07 Å². The summed E-state index contributed by atoms with van der Waals surface area (Å²) in [7, 11) is 0. The molecule has 0 saturated carbocycles. The van der Waals surface area contributed by atoms with Crippen molar-refractivity contribution in [3.8, 4) is 11.1 Å². The molecule has 0 bridgehead atoms. The average Bonchev–Trinajstić information content (AvgIpc) is 2.36. The number of hydrogen-bond acceptors (Lipinski definition) is 1. The van der Waals surface area contributed by atoms with Gasteiger partial charge in [0.25, 0.3) is 5.56 Å². The van der Waals surface area contributed by atoms with Crippen LogP contribution in [0, 0.1) is 0 Å². The Morgan fingerprint density at radius 3 is 2.00 bits per heavy atom. The fourth-order valence-corrected chi connectivity index (χ4v) is 1.95. The van der Waals surface area contributed by atoms with Crippen molar-refractivity contribution in [3.63, 3.8) is 0 Å². The first-order chi connectivity index (χ1) is 9.62. The van der Waals surface area contributed by atoms with Crippen molar-refractivity contribution in [2.45, 2.75) is 12.4 Å². The normalized spacial score (nSPS) is 12.5. The van der Waals surface area contributed by atoms with E-state index in [1.54, 1.807) is 0 Å². The standard InChI is InChI=1S/C13H7F6NO/c14-12(15,16)9-4-2-1-3-7(9)8-5-6-20-11(21)10(8)13(17,18)19/h1-6H,(H,20,21). The minimum absolute atomic E-state index is 0.663. The number of alkyl halides is 6. The number of hydrogen-bond donors (Lipinski definition) is 1. The van der Waals surface area contributed by atoms with Gasteiger partial charge in [0.05, 0.1) is 5.56 Å². The maximum Gasteiger partial charge on any atom is 0.422 e. The monoisotopic (exact) mass is 307 g/mol. The summed E-state index contributed by atoms with van der Waals surface area (Å²) in [6, 6.07) is 4.59. The molecule has 1 heterocycles. The molecule has 1 aromatic heterocycles. The van der Waals surface area contributed by atoms with Gasteiger partial charge in [-0.2, -0.15) is 26.3 Å². The Balaban J connectivity index is 2.82. The number of halogens is 6. The first-order valence-corrected chi connectivity index (χ1v) is 5.58. The SMILES string of the molecule is O=c1[nH]ccc(-c2ccccc2C(F)(F)F)c1C(F)(F)F. The molecule has 0 spiro atoms. The van der Waals surface area contributed by atoms with Gasteiger partial charge in [-0.15, -0.1) is 0 Å². The second kappa shape index (κ2) is 4.94. The van der Waals surface area contributed by atoms with Gasteiger partial charge in [-0.25, -0.2) is 0 Å². The van der Waals surface area contributed by atoms with Gasteiger partial charge in [-0.05, 0) is 17.7 Å². The van der Waals surface area contributed by atoms with Gasteiger partial charge in [0.1, 0.15) is 5.56 Å². The number of aromatic nitrogens is 1. The Labute approximate surface area is 114 Å². The van der Waals surface area contributed by atoms with E-state index in [-0.39, 0.29) is 0 Å². The Morgan fingerprint density at radius 1 is 0.810 bits per heavy atom. The van der Waals surface area contributed by atoms with E-state index < -0.39 is 40.2 Å². The molecule has 0 fully saturated rings. The van der Waals surface area contributed by atoms with Crippen LogP contribution in [-0.4, -0.2) is 4.98 Å². The van der Waals surface area contributed by atoms with Crippen LogP contribution in [0.5, 0.6) is 0 Å². The summed E-state index contributed by atoms with van der Waals surface area (Å²) < 4.78 is 77.5. The molecule has 8 heteroatoms. The molecule has 1 aromatic carbocycles. The van der Waals surface area contributed by atoms with E-state index in [0.717, 1.165) is 24.4 Å². The zero-order valence-corrected chi connectivity index (χ0v) is 10.1. The van der Waals surface area contributed by atoms with Gasteiger partial charge in [0.2, 0.25) is 0 Å². The summed E-state index contributed by atoms with van der Waals surface area (Å²) >= 11 is 0. The van der Waals surface area contributed by atoms with Crippen LogP contribution >= 0.6 is 0 Å². The predicted octanol–water partition coefficient (Wildman–Crippen LogP) is 4.08. The summed E-state index contributed by atoms with van der Waals surface area (Å²) in [5, 5.41) is 0. The van der Waals surface area contributed by atoms with Crippen molar-refractivity contribution in [1.29, 1.82) is 0 Å². The van der Waals surface area contributed by atoms with Gasteiger partial charge in [-0.3, -0.25) is 4.79 Å². The molecule has 0 aliphatic carbocycles.